The Bertz CT molecular complexity index is 643. The van der Waals surface area contributed by atoms with Crippen LogP contribution in [-0.4, -0.2) is 22.2 Å². The van der Waals surface area contributed by atoms with Gasteiger partial charge in [-0.25, -0.2) is 0 Å². The Morgan fingerprint density at radius 2 is 0.923 bits per heavy atom. The van der Waals surface area contributed by atoms with Crippen molar-refractivity contribution >= 4 is 57.1 Å². The van der Waals surface area contributed by atoms with E-state index in [-0.39, 0.29) is 0 Å². The van der Waals surface area contributed by atoms with Crippen molar-refractivity contribution in [2.45, 2.75) is 41.5 Å². The Morgan fingerprint density at radius 1 is 0.692 bits per heavy atom. The average Bonchev–Trinajstić information content (AvgIpc) is 2.47. The van der Waals surface area contributed by atoms with Crippen LogP contribution in [0.1, 0.15) is 36.1 Å². The second-order valence-corrected chi connectivity index (χ2v) is 7.87. The molecule has 0 amide bonds. The van der Waals surface area contributed by atoms with Crippen molar-refractivity contribution < 1.29 is 19.8 Å². The Balaban J connectivity index is 0. The van der Waals surface area contributed by atoms with Gasteiger partial charge in [0, 0.05) is 21.0 Å². The van der Waals surface area contributed by atoms with Gasteiger partial charge in [-0.3, -0.25) is 9.59 Å². The molecule has 0 spiro atoms. The predicted molar refractivity (Wildman–Crippen MR) is 124 cm³/mol. The zero-order chi connectivity index (χ0) is 20.9. The molecule has 26 heavy (non-hydrogen) atoms. The normalized spacial score (nSPS) is 8.62. The maximum Gasteiger partial charge on any atom is 0.300 e. The third-order valence-electron chi connectivity index (χ3n) is 2.65. The molecule has 0 aliphatic heterocycles. The van der Waals surface area contributed by atoms with Crippen LogP contribution < -0.4 is 0 Å². The van der Waals surface area contributed by atoms with Crippen molar-refractivity contribution in [3.8, 4) is 0 Å². The van der Waals surface area contributed by atoms with Crippen molar-refractivity contribution in [1.82, 2.24) is 0 Å². The zero-order valence-corrected chi connectivity index (χ0v) is 20.2. The second kappa shape index (κ2) is 15.0. The van der Waals surface area contributed by atoms with E-state index in [1.807, 2.05) is 0 Å². The van der Waals surface area contributed by atoms with E-state index in [0.717, 1.165) is 13.8 Å². The fourth-order valence-electron chi connectivity index (χ4n) is 1.40. The van der Waals surface area contributed by atoms with Gasteiger partial charge in [0.15, 0.2) is 0 Å². The first-order valence-electron chi connectivity index (χ1n) is 7.71. The van der Waals surface area contributed by atoms with E-state index >= 15 is 0 Å². The van der Waals surface area contributed by atoms with E-state index < -0.39 is 11.9 Å². The minimum atomic E-state index is -0.833. The highest BCUT2D eigenvalue weighted by Gasteiger charge is 1.91. The predicted octanol–water partition coefficient (Wildman–Crippen LogP) is 6.00. The summed E-state index contributed by atoms with van der Waals surface area (Å²) in [7, 11) is 0. The molecule has 2 rings (SSSR count). The van der Waals surface area contributed by atoms with Gasteiger partial charge in [-0.1, -0.05) is 35.4 Å². The molecule has 0 bridgehead atoms. The molecule has 0 fully saturated rings. The van der Waals surface area contributed by atoms with E-state index in [1.54, 1.807) is 0 Å². The number of aryl methyl sites for hydroxylation is 4. The molecule has 0 saturated carbocycles. The van der Waals surface area contributed by atoms with Crippen LogP contribution in [0.4, 0.5) is 0 Å². The Kier molecular flexibility index (Phi) is 15.6. The van der Waals surface area contributed by atoms with Crippen LogP contribution in [0.25, 0.3) is 0 Å². The molecule has 0 aromatic heterocycles. The lowest BCUT2D eigenvalue weighted by molar-refractivity contribution is -0.135. The minimum Gasteiger partial charge on any atom is -0.481 e. The van der Waals surface area contributed by atoms with Crippen molar-refractivity contribution in [3.63, 3.8) is 0 Å². The molecule has 4 nitrogen and oxygen atoms in total. The third-order valence-corrected chi connectivity index (χ3v) is 4.98. The van der Waals surface area contributed by atoms with Gasteiger partial charge >= 0.3 is 0 Å². The fraction of sp³-hybridized carbons (Fsp3) is 0.300. The zero-order valence-electron chi connectivity index (χ0n) is 15.9. The molecule has 2 aromatic rings. The summed E-state index contributed by atoms with van der Waals surface area (Å²) in [5.74, 6) is -1.67. The number of hydrogen-bond acceptors (Lipinski definition) is 2. The minimum absolute atomic E-state index is 0.833. The standard InChI is InChI=1S/2C8H9I.2C2H4O2/c2*1-6-3-4-7(2)8(9)5-6;2*1-2(3)4/h2*3-5H,1-2H3;2*1H3,(H,3,4). The summed E-state index contributed by atoms with van der Waals surface area (Å²) in [6, 6.07) is 13.0. The van der Waals surface area contributed by atoms with Crippen LogP contribution in [0.15, 0.2) is 36.4 Å². The van der Waals surface area contributed by atoms with Crippen LogP contribution in [0.2, 0.25) is 0 Å². The number of carboxylic acid groups (broad SMARTS) is 2. The summed E-state index contributed by atoms with van der Waals surface area (Å²) >= 11 is 4.70. The van der Waals surface area contributed by atoms with E-state index in [9.17, 15) is 0 Å². The number of hydrogen-bond donors (Lipinski definition) is 2. The molecular weight excluding hydrogens is 558 g/mol. The van der Waals surface area contributed by atoms with Crippen molar-refractivity contribution in [2.24, 2.45) is 0 Å². The Labute approximate surface area is 183 Å². The monoisotopic (exact) mass is 584 g/mol. The molecule has 0 saturated heterocycles. The van der Waals surface area contributed by atoms with Gasteiger partial charge in [-0.2, -0.15) is 0 Å². The molecule has 0 aliphatic rings. The van der Waals surface area contributed by atoms with Gasteiger partial charge < -0.3 is 10.2 Å². The lowest BCUT2D eigenvalue weighted by Crippen LogP contribution is -1.79. The number of carboxylic acids is 2. The van der Waals surface area contributed by atoms with E-state index in [1.165, 1.54) is 29.4 Å². The summed E-state index contributed by atoms with van der Waals surface area (Å²) in [4.78, 5) is 18.0. The highest BCUT2D eigenvalue weighted by molar-refractivity contribution is 14.1. The Hall–Kier alpha value is -1.16. The van der Waals surface area contributed by atoms with Crippen LogP contribution in [0.3, 0.4) is 0 Å². The summed E-state index contributed by atoms with van der Waals surface area (Å²) in [6.07, 6.45) is 0. The molecule has 6 heteroatoms. The van der Waals surface area contributed by atoms with Crippen LogP contribution in [0, 0.1) is 34.8 Å². The summed E-state index contributed by atoms with van der Waals surface area (Å²) in [5, 5.41) is 14.8. The fourth-order valence-corrected chi connectivity index (χ4v) is 2.74. The molecule has 0 aliphatic carbocycles. The molecule has 0 unspecified atom stereocenters. The summed E-state index contributed by atoms with van der Waals surface area (Å²) in [5.41, 5.74) is 5.40. The van der Waals surface area contributed by atoms with Gasteiger partial charge in [0.2, 0.25) is 0 Å². The average molecular weight is 584 g/mol. The SMILES string of the molecule is CC(=O)O.CC(=O)O.Cc1ccc(C)c(I)c1.Cc1ccc(C)c(I)c1. The van der Waals surface area contributed by atoms with Gasteiger partial charge in [-0.05, 0) is 96.1 Å². The number of aliphatic carboxylic acids is 2. The number of benzene rings is 2. The molecular formula is C20H26I2O4. The van der Waals surface area contributed by atoms with E-state index in [4.69, 9.17) is 19.8 Å². The van der Waals surface area contributed by atoms with Crippen molar-refractivity contribution in [3.05, 3.63) is 65.8 Å². The number of carbonyl (C=O) groups is 2. The maximum absolute atomic E-state index is 9.00. The van der Waals surface area contributed by atoms with Gasteiger partial charge in [0.05, 0.1) is 0 Å². The Morgan fingerprint density at radius 3 is 1.08 bits per heavy atom. The first-order valence-corrected chi connectivity index (χ1v) is 9.87. The molecule has 2 aromatic carbocycles. The lowest BCUT2D eigenvalue weighted by atomic mass is 10.2. The molecule has 0 radical (unpaired) electrons. The third kappa shape index (κ3) is 17.7. The summed E-state index contributed by atoms with van der Waals surface area (Å²) < 4.78 is 2.71. The molecule has 0 heterocycles. The maximum atomic E-state index is 9.00. The largest absolute Gasteiger partial charge is 0.481 e. The van der Waals surface area contributed by atoms with E-state index in [2.05, 4.69) is 109 Å². The number of halogens is 2. The van der Waals surface area contributed by atoms with Crippen molar-refractivity contribution in [1.29, 1.82) is 0 Å². The van der Waals surface area contributed by atoms with Crippen LogP contribution in [-0.2, 0) is 9.59 Å². The van der Waals surface area contributed by atoms with Crippen LogP contribution >= 0.6 is 45.2 Å². The highest BCUT2D eigenvalue weighted by Crippen LogP contribution is 2.12. The van der Waals surface area contributed by atoms with Crippen LogP contribution in [0.5, 0.6) is 0 Å². The van der Waals surface area contributed by atoms with Gasteiger partial charge in [0.1, 0.15) is 0 Å². The first-order chi connectivity index (χ1) is 11.9. The first kappa shape index (κ1) is 27.1. The number of rotatable bonds is 0. The topological polar surface area (TPSA) is 74.6 Å². The molecule has 2 N–H and O–H groups in total. The van der Waals surface area contributed by atoms with Crippen molar-refractivity contribution in [2.75, 3.05) is 0 Å². The van der Waals surface area contributed by atoms with Gasteiger partial charge in [-0.15, -0.1) is 0 Å². The van der Waals surface area contributed by atoms with Gasteiger partial charge in [0.25, 0.3) is 11.9 Å². The smallest absolute Gasteiger partial charge is 0.300 e. The second-order valence-electron chi connectivity index (χ2n) is 5.54. The van der Waals surface area contributed by atoms with E-state index in [0.29, 0.717) is 0 Å². The quantitative estimate of drug-likeness (QED) is 0.373. The summed E-state index contributed by atoms with van der Waals surface area (Å²) in [6.45, 7) is 10.6. The highest BCUT2D eigenvalue weighted by atomic mass is 127. The molecule has 144 valence electrons. The lowest BCUT2D eigenvalue weighted by Gasteiger charge is -1.96. The molecule has 0 atom stereocenters.